The van der Waals surface area contributed by atoms with E-state index in [1.807, 2.05) is 13.0 Å². The van der Waals surface area contributed by atoms with Gasteiger partial charge in [0.15, 0.2) is 0 Å². The molecule has 3 atom stereocenters. The quantitative estimate of drug-likeness (QED) is 0.444. The van der Waals surface area contributed by atoms with Crippen molar-refractivity contribution in [2.24, 2.45) is 18.4 Å². The number of carbonyl (C=O) groups is 2. The minimum atomic E-state index is -2.79. The summed E-state index contributed by atoms with van der Waals surface area (Å²) in [4.78, 5) is 28.1. The normalized spacial score (nSPS) is 23.1. The Morgan fingerprint density at radius 1 is 1.32 bits per heavy atom. The summed E-state index contributed by atoms with van der Waals surface area (Å²) in [5.41, 5.74) is 2.26. The van der Waals surface area contributed by atoms with Gasteiger partial charge in [0.2, 0.25) is 5.92 Å². The smallest absolute Gasteiger partial charge is 0.407 e. The zero-order valence-electron chi connectivity index (χ0n) is 21.3. The lowest BCUT2D eigenvalue weighted by Crippen LogP contribution is -2.26. The van der Waals surface area contributed by atoms with E-state index in [1.54, 1.807) is 13.1 Å². The lowest BCUT2D eigenvalue weighted by atomic mass is 9.79. The second-order valence-corrected chi connectivity index (χ2v) is 10.3. The molecule has 1 amide bonds. The molecule has 2 saturated carbocycles. The number of ether oxygens (including phenoxy) is 2. The molecule has 2 aliphatic rings. The van der Waals surface area contributed by atoms with Gasteiger partial charge in [-0.15, -0.1) is 5.10 Å². The van der Waals surface area contributed by atoms with E-state index in [2.05, 4.69) is 20.6 Å². The number of carbonyl (C=O) groups excluding carboxylic acids is 1. The lowest BCUT2D eigenvalue weighted by Gasteiger charge is -2.27. The van der Waals surface area contributed by atoms with Crippen LogP contribution in [-0.2, 0) is 23.1 Å². The van der Waals surface area contributed by atoms with Crippen LogP contribution in [0.15, 0.2) is 12.1 Å². The maximum atomic E-state index is 12.9. The predicted octanol–water partition coefficient (Wildman–Crippen LogP) is 4.26. The fourth-order valence-corrected chi connectivity index (χ4v) is 5.05. The van der Waals surface area contributed by atoms with Gasteiger partial charge in [0, 0.05) is 18.9 Å². The molecule has 0 aromatic carbocycles. The third kappa shape index (κ3) is 6.53. The Hall–Kier alpha value is -3.31. The van der Waals surface area contributed by atoms with Gasteiger partial charge in [-0.2, -0.15) is 0 Å². The van der Waals surface area contributed by atoms with Gasteiger partial charge < -0.3 is 19.9 Å². The van der Waals surface area contributed by atoms with Crippen molar-refractivity contribution in [3.05, 3.63) is 23.5 Å². The Morgan fingerprint density at radius 2 is 2.11 bits per heavy atom. The summed E-state index contributed by atoms with van der Waals surface area (Å²) < 4.78 is 38.5. The number of rotatable bonds is 10. The van der Waals surface area contributed by atoms with Crippen LogP contribution in [0.4, 0.5) is 13.6 Å². The number of aliphatic carboxylic acids is 1. The number of nitrogens with zero attached hydrogens (tertiary/aromatic N) is 4. The molecule has 2 aromatic heterocycles. The first-order valence-corrected chi connectivity index (χ1v) is 12.5. The number of aromatic nitrogens is 4. The van der Waals surface area contributed by atoms with Crippen molar-refractivity contribution >= 4 is 12.1 Å². The number of hydrogen-bond donors (Lipinski definition) is 2. The number of carboxylic acid groups (broad SMARTS) is 1. The topological polar surface area (TPSA) is 128 Å². The molecule has 12 heteroatoms. The zero-order chi connectivity index (χ0) is 26.8. The lowest BCUT2D eigenvalue weighted by molar-refractivity contribution is -0.143. The number of alkyl carbamates (subject to hydrolysis) is 1. The van der Waals surface area contributed by atoms with Gasteiger partial charge in [0.1, 0.15) is 17.5 Å². The molecule has 2 N–H and O–H groups in total. The molecule has 2 aliphatic carbocycles. The van der Waals surface area contributed by atoms with E-state index >= 15 is 0 Å². The summed E-state index contributed by atoms with van der Waals surface area (Å²) in [6.07, 6.45) is 3.10. The van der Waals surface area contributed by atoms with E-state index in [4.69, 9.17) is 9.47 Å². The monoisotopic (exact) mass is 521 g/mol. The number of pyridine rings is 1. The Morgan fingerprint density at radius 3 is 2.81 bits per heavy atom. The van der Waals surface area contributed by atoms with Gasteiger partial charge in [0.25, 0.3) is 0 Å². The van der Waals surface area contributed by atoms with E-state index in [0.717, 1.165) is 32.6 Å². The Bertz CT molecular complexity index is 1150. The van der Waals surface area contributed by atoms with E-state index in [-0.39, 0.29) is 43.4 Å². The van der Waals surface area contributed by atoms with Crippen molar-refractivity contribution in [3.63, 3.8) is 0 Å². The number of nitrogens with one attached hydrogen (secondary N) is 1. The number of halogens is 2. The SMILES string of the molecule is Cc1nc(-c2nnn(C)c2CNC(=O)OCCCC(C)(F)F)ccc1OC1CC12CCC[C@H](C(=O)O)C2. The maximum Gasteiger partial charge on any atom is 0.407 e. The first-order valence-electron chi connectivity index (χ1n) is 12.5. The van der Waals surface area contributed by atoms with Gasteiger partial charge in [0.05, 0.1) is 36.2 Å². The molecule has 2 aromatic rings. The van der Waals surface area contributed by atoms with Crippen LogP contribution in [0.2, 0.25) is 0 Å². The van der Waals surface area contributed by atoms with Crippen LogP contribution in [0.25, 0.3) is 11.4 Å². The number of hydrogen-bond acceptors (Lipinski definition) is 7. The van der Waals surface area contributed by atoms with E-state index < -0.39 is 18.0 Å². The number of aryl methyl sites for hydroxylation is 2. The summed E-state index contributed by atoms with van der Waals surface area (Å²) >= 11 is 0. The molecule has 0 aliphatic heterocycles. The van der Waals surface area contributed by atoms with Crippen LogP contribution in [0.3, 0.4) is 0 Å². The Kier molecular flexibility index (Phi) is 7.65. The van der Waals surface area contributed by atoms with Crippen LogP contribution < -0.4 is 10.1 Å². The molecule has 2 heterocycles. The highest BCUT2D eigenvalue weighted by atomic mass is 19.3. The average molecular weight is 522 g/mol. The van der Waals surface area contributed by atoms with Crippen LogP contribution in [-0.4, -0.2) is 55.8 Å². The summed E-state index contributed by atoms with van der Waals surface area (Å²) in [6.45, 7) is 2.62. The maximum absolute atomic E-state index is 12.9. The second kappa shape index (κ2) is 10.6. The molecule has 0 radical (unpaired) electrons. The fourth-order valence-electron chi connectivity index (χ4n) is 5.05. The third-order valence-corrected chi connectivity index (χ3v) is 7.23. The molecular formula is C25H33F2N5O5. The minimum Gasteiger partial charge on any atom is -0.488 e. The van der Waals surface area contributed by atoms with Gasteiger partial charge in [-0.25, -0.2) is 23.2 Å². The molecule has 2 unspecified atom stereocenters. The average Bonchev–Trinajstić information content (AvgIpc) is 3.33. The highest BCUT2D eigenvalue weighted by molar-refractivity contribution is 5.70. The van der Waals surface area contributed by atoms with Crippen molar-refractivity contribution in [2.75, 3.05) is 6.61 Å². The fraction of sp³-hybridized carbons (Fsp3) is 0.640. The van der Waals surface area contributed by atoms with E-state index in [0.29, 0.717) is 34.9 Å². The number of alkyl halides is 2. The highest BCUT2D eigenvalue weighted by Crippen LogP contribution is 2.59. The van der Waals surface area contributed by atoms with Crippen molar-refractivity contribution in [3.8, 4) is 17.1 Å². The van der Waals surface area contributed by atoms with E-state index in [9.17, 15) is 23.5 Å². The number of amides is 1. The van der Waals surface area contributed by atoms with Crippen molar-refractivity contribution < 1.29 is 33.0 Å². The van der Waals surface area contributed by atoms with Crippen LogP contribution in [0.5, 0.6) is 5.75 Å². The third-order valence-electron chi connectivity index (χ3n) is 7.23. The molecule has 1 spiro atoms. The molecule has 0 saturated heterocycles. The number of carboxylic acids is 1. The Balaban J connectivity index is 1.35. The summed E-state index contributed by atoms with van der Waals surface area (Å²) in [7, 11) is 1.69. The highest BCUT2D eigenvalue weighted by Gasteiger charge is 2.58. The van der Waals surface area contributed by atoms with E-state index in [1.165, 1.54) is 4.68 Å². The van der Waals surface area contributed by atoms with Gasteiger partial charge >= 0.3 is 12.1 Å². The minimum absolute atomic E-state index is 0.00755. The standard InChI is InChI=1S/C25H33F2N5O5/c1-15-19(37-20-13-25(20)10-4-6-16(12-25)22(33)34)8-7-17(29-15)21-18(32(3)31-30-21)14-28-23(35)36-11-5-9-24(2,26)27/h7-8,16,20H,4-6,9-14H2,1-3H3,(H,28,35)(H,33,34)/t16-,20?,25?/m0/s1. The van der Waals surface area contributed by atoms with Gasteiger partial charge in [-0.1, -0.05) is 11.6 Å². The molecular weight excluding hydrogens is 488 g/mol. The van der Waals surface area contributed by atoms with Crippen LogP contribution in [0.1, 0.15) is 63.3 Å². The van der Waals surface area contributed by atoms with Crippen molar-refractivity contribution in [1.29, 1.82) is 0 Å². The molecule has 10 nitrogen and oxygen atoms in total. The molecule has 0 bridgehead atoms. The second-order valence-electron chi connectivity index (χ2n) is 10.3. The Labute approximate surface area is 213 Å². The molecule has 4 rings (SSSR count). The summed E-state index contributed by atoms with van der Waals surface area (Å²) in [5.74, 6) is -3.17. The van der Waals surface area contributed by atoms with Crippen molar-refractivity contribution in [2.45, 2.75) is 77.4 Å². The van der Waals surface area contributed by atoms with Crippen LogP contribution >= 0.6 is 0 Å². The predicted molar refractivity (Wildman–Crippen MR) is 128 cm³/mol. The first-order chi connectivity index (χ1) is 17.5. The molecule has 2 fully saturated rings. The molecule has 202 valence electrons. The summed E-state index contributed by atoms with van der Waals surface area (Å²) in [5, 5.41) is 20.2. The molecule has 37 heavy (non-hydrogen) atoms. The van der Waals surface area contributed by atoms with Crippen molar-refractivity contribution in [1.82, 2.24) is 25.3 Å². The van der Waals surface area contributed by atoms with Crippen LogP contribution in [0, 0.1) is 18.3 Å². The largest absolute Gasteiger partial charge is 0.488 e. The first kappa shape index (κ1) is 26.7. The van der Waals surface area contributed by atoms with Gasteiger partial charge in [-0.05, 0) is 58.1 Å². The summed E-state index contributed by atoms with van der Waals surface area (Å²) in [6, 6.07) is 3.60. The van der Waals surface area contributed by atoms with Gasteiger partial charge in [-0.3, -0.25) is 4.79 Å². The zero-order valence-corrected chi connectivity index (χ0v) is 21.3.